The van der Waals surface area contributed by atoms with Gasteiger partial charge in [0.2, 0.25) is 5.91 Å². The van der Waals surface area contributed by atoms with Gasteiger partial charge in [-0.25, -0.2) is 18.3 Å². The van der Waals surface area contributed by atoms with Crippen molar-refractivity contribution in [2.45, 2.75) is 38.0 Å². The van der Waals surface area contributed by atoms with E-state index in [0.29, 0.717) is 25.1 Å². The zero-order valence-electron chi connectivity index (χ0n) is 13.7. The Morgan fingerprint density at radius 1 is 1.38 bits per heavy atom. The van der Waals surface area contributed by atoms with Crippen molar-refractivity contribution in [2.75, 3.05) is 13.1 Å². The third-order valence-electron chi connectivity index (χ3n) is 4.75. The Morgan fingerprint density at radius 2 is 2.15 bits per heavy atom. The van der Waals surface area contributed by atoms with Crippen LogP contribution in [-0.4, -0.2) is 49.4 Å². The van der Waals surface area contributed by atoms with Gasteiger partial charge in [0.05, 0.1) is 30.4 Å². The highest BCUT2D eigenvalue weighted by Gasteiger charge is 2.38. The molecule has 1 unspecified atom stereocenters. The van der Waals surface area contributed by atoms with Crippen LogP contribution < -0.4 is 5.69 Å². The van der Waals surface area contributed by atoms with Crippen molar-refractivity contribution in [3.63, 3.8) is 0 Å². The number of fused-ring (bicyclic) bond motifs is 1. The maximum atomic E-state index is 14.0. The third kappa shape index (κ3) is 2.90. The van der Waals surface area contributed by atoms with Crippen molar-refractivity contribution in [3.8, 4) is 0 Å². The van der Waals surface area contributed by atoms with Crippen molar-refractivity contribution in [1.82, 2.24) is 24.2 Å². The molecule has 2 aromatic rings. The summed E-state index contributed by atoms with van der Waals surface area (Å²) < 4.78 is 29.5. The molecule has 0 saturated carbocycles. The van der Waals surface area contributed by atoms with Crippen LogP contribution in [0, 0.1) is 5.82 Å². The molecule has 4 heterocycles. The first-order valence-electron chi connectivity index (χ1n) is 8.35. The molecule has 0 bridgehead atoms. The van der Waals surface area contributed by atoms with Gasteiger partial charge in [0.1, 0.15) is 23.9 Å². The molecule has 7 nitrogen and oxygen atoms in total. The standard InChI is InChI=1S/C16H16ClF2N5O2/c17-9-4-11(19)12(20-5-9)8-23-16(26)24-13(2-1-3-14(24)21-23)15(25)22-6-10(18)7-22/h4-5,10,13H,1-3,6-8H2. The summed E-state index contributed by atoms with van der Waals surface area (Å²) in [6.07, 6.45) is 2.05. The van der Waals surface area contributed by atoms with E-state index >= 15 is 0 Å². The fourth-order valence-electron chi connectivity index (χ4n) is 3.38. The summed E-state index contributed by atoms with van der Waals surface area (Å²) in [7, 11) is 0. The van der Waals surface area contributed by atoms with Crippen molar-refractivity contribution in [3.05, 3.63) is 45.1 Å². The number of alkyl halides is 1. The molecule has 4 rings (SSSR count). The van der Waals surface area contributed by atoms with Crippen LogP contribution in [0.2, 0.25) is 5.02 Å². The molecule has 0 spiro atoms. The number of carbonyl (C=O) groups excluding carboxylic acids is 1. The lowest BCUT2D eigenvalue weighted by Gasteiger charge is -2.37. The highest BCUT2D eigenvalue weighted by molar-refractivity contribution is 6.30. The maximum absolute atomic E-state index is 14.0. The minimum atomic E-state index is -1.000. The van der Waals surface area contributed by atoms with Gasteiger partial charge in [-0.15, -0.1) is 0 Å². The number of hydrogen-bond acceptors (Lipinski definition) is 4. The van der Waals surface area contributed by atoms with Gasteiger partial charge < -0.3 is 4.90 Å². The van der Waals surface area contributed by atoms with E-state index in [9.17, 15) is 18.4 Å². The van der Waals surface area contributed by atoms with Gasteiger partial charge in [0.15, 0.2) is 0 Å². The fourth-order valence-corrected chi connectivity index (χ4v) is 3.53. The quantitative estimate of drug-likeness (QED) is 0.801. The molecule has 138 valence electrons. The molecule has 1 saturated heterocycles. The average Bonchev–Trinajstić information content (AvgIpc) is 2.90. The Labute approximate surface area is 152 Å². The summed E-state index contributed by atoms with van der Waals surface area (Å²) in [5.74, 6) is -0.416. The zero-order valence-corrected chi connectivity index (χ0v) is 14.5. The Balaban J connectivity index is 1.64. The summed E-state index contributed by atoms with van der Waals surface area (Å²) >= 11 is 5.69. The Bertz CT molecular complexity index is 922. The van der Waals surface area contributed by atoms with Crippen molar-refractivity contribution in [2.24, 2.45) is 0 Å². The number of aryl methyl sites for hydroxylation is 1. The summed E-state index contributed by atoms with van der Waals surface area (Å²) in [6.45, 7) is -0.0278. The van der Waals surface area contributed by atoms with E-state index in [-0.39, 0.29) is 36.3 Å². The lowest BCUT2D eigenvalue weighted by atomic mass is 10.0. The van der Waals surface area contributed by atoms with Crippen molar-refractivity contribution < 1.29 is 13.6 Å². The molecule has 0 aromatic carbocycles. The van der Waals surface area contributed by atoms with E-state index < -0.39 is 23.7 Å². The number of carbonyl (C=O) groups is 1. The van der Waals surface area contributed by atoms with E-state index in [2.05, 4.69) is 10.1 Å². The predicted molar refractivity (Wildman–Crippen MR) is 88.2 cm³/mol. The molecule has 2 aromatic heterocycles. The first-order chi connectivity index (χ1) is 12.4. The lowest BCUT2D eigenvalue weighted by Crippen LogP contribution is -2.54. The molecule has 10 heteroatoms. The van der Waals surface area contributed by atoms with Gasteiger partial charge in [-0.2, -0.15) is 5.10 Å². The largest absolute Gasteiger partial charge is 0.347 e. The Morgan fingerprint density at radius 3 is 2.85 bits per heavy atom. The van der Waals surface area contributed by atoms with Crippen molar-refractivity contribution >= 4 is 17.5 Å². The number of hydrogen-bond donors (Lipinski definition) is 0. The molecular formula is C16H16ClF2N5O2. The smallest absolute Gasteiger partial charge is 0.335 e. The fraction of sp³-hybridized carbons (Fsp3) is 0.500. The molecule has 26 heavy (non-hydrogen) atoms. The predicted octanol–water partition coefficient (Wildman–Crippen LogP) is 1.34. The second-order valence-corrected chi connectivity index (χ2v) is 6.99. The number of halogens is 3. The SMILES string of the molecule is O=C(C1CCCc2nn(Cc3ncc(Cl)cc3F)c(=O)n21)N1CC(F)C1. The minimum absolute atomic E-state index is 0.0397. The molecule has 0 radical (unpaired) electrons. The Hall–Kier alpha value is -2.29. The third-order valence-corrected chi connectivity index (χ3v) is 4.95. The van der Waals surface area contributed by atoms with Gasteiger partial charge in [0, 0.05) is 12.6 Å². The number of rotatable bonds is 3. The molecule has 0 aliphatic carbocycles. The molecule has 2 aliphatic rings. The van der Waals surface area contributed by atoms with Crippen LogP contribution in [0.15, 0.2) is 17.1 Å². The number of pyridine rings is 1. The first kappa shape index (κ1) is 17.1. The minimum Gasteiger partial charge on any atom is -0.335 e. The molecule has 1 amide bonds. The number of aromatic nitrogens is 4. The van der Waals surface area contributed by atoms with Crippen LogP contribution in [0.4, 0.5) is 8.78 Å². The lowest BCUT2D eigenvalue weighted by molar-refractivity contribution is -0.142. The molecule has 1 fully saturated rings. The summed E-state index contributed by atoms with van der Waals surface area (Å²) in [5, 5.41) is 4.40. The summed E-state index contributed by atoms with van der Waals surface area (Å²) in [4.78, 5) is 30.6. The molecule has 2 aliphatic heterocycles. The summed E-state index contributed by atoms with van der Waals surface area (Å²) in [6, 6.07) is 0.435. The van der Waals surface area contributed by atoms with Gasteiger partial charge >= 0.3 is 5.69 Å². The number of likely N-dealkylation sites (tertiary alicyclic amines) is 1. The van der Waals surface area contributed by atoms with Crippen LogP contribution in [-0.2, 0) is 17.8 Å². The van der Waals surface area contributed by atoms with Crippen LogP contribution in [0.25, 0.3) is 0 Å². The number of nitrogens with zero attached hydrogens (tertiary/aromatic N) is 5. The highest BCUT2D eigenvalue weighted by atomic mass is 35.5. The first-order valence-corrected chi connectivity index (χ1v) is 8.73. The molecule has 0 N–H and O–H groups in total. The average molecular weight is 384 g/mol. The van der Waals surface area contributed by atoms with E-state index in [0.717, 1.165) is 10.7 Å². The van der Waals surface area contributed by atoms with Gasteiger partial charge in [0.25, 0.3) is 0 Å². The second-order valence-electron chi connectivity index (χ2n) is 6.56. The monoisotopic (exact) mass is 383 g/mol. The van der Waals surface area contributed by atoms with Gasteiger partial charge in [-0.05, 0) is 18.9 Å². The highest BCUT2D eigenvalue weighted by Crippen LogP contribution is 2.26. The normalized spacial score (nSPS) is 20.0. The van der Waals surface area contributed by atoms with E-state index in [1.54, 1.807) is 0 Å². The summed E-state index contributed by atoms with van der Waals surface area (Å²) in [5.41, 5.74) is -0.454. The second kappa shape index (κ2) is 6.46. The maximum Gasteiger partial charge on any atom is 0.347 e. The van der Waals surface area contributed by atoms with E-state index in [1.807, 2.05) is 0 Å². The van der Waals surface area contributed by atoms with E-state index in [4.69, 9.17) is 11.6 Å². The van der Waals surface area contributed by atoms with Crippen LogP contribution in [0.5, 0.6) is 0 Å². The van der Waals surface area contributed by atoms with E-state index in [1.165, 1.54) is 15.7 Å². The van der Waals surface area contributed by atoms with Crippen LogP contribution in [0.1, 0.15) is 30.4 Å². The number of amides is 1. The zero-order chi connectivity index (χ0) is 18.4. The van der Waals surface area contributed by atoms with Gasteiger partial charge in [-0.3, -0.25) is 14.3 Å². The topological polar surface area (TPSA) is 73.0 Å². The molecular weight excluding hydrogens is 368 g/mol. The van der Waals surface area contributed by atoms with Crippen LogP contribution >= 0.6 is 11.6 Å². The molecule has 1 atom stereocenters. The Kier molecular flexibility index (Phi) is 4.26. The van der Waals surface area contributed by atoms with Crippen molar-refractivity contribution in [1.29, 1.82) is 0 Å². The van der Waals surface area contributed by atoms with Crippen LogP contribution in [0.3, 0.4) is 0 Å². The van der Waals surface area contributed by atoms with Gasteiger partial charge in [-0.1, -0.05) is 11.6 Å².